The summed E-state index contributed by atoms with van der Waals surface area (Å²) >= 11 is 0. The first-order valence-corrected chi connectivity index (χ1v) is 9.34. The second kappa shape index (κ2) is 7.17. The van der Waals surface area contributed by atoms with Gasteiger partial charge in [-0.15, -0.1) is 0 Å². The van der Waals surface area contributed by atoms with Crippen molar-refractivity contribution in [2.24, 2.45) is 0 Å². The van der Waals surface area contributed by atoms with E-state index >= 15 is 0 Å². The van der Waals surface area contributed by atoms with Crippen LogP contribution >= 0.6 is 0 Å². The van der Waals surface area contributed by atoms with E-state index in [9.17, 15) is 4.79 Å². The molecule has 26 heavy (non-hydrogen) atoms. The molecule has 0 bridgehead atoms. The summed E-state index contributed by atoms with van der Waals surface area (Å²) in [6.07, 6.45) is 5.72. The smallest absolute Gasteiger partial charge is 0.241 e. The Labute approximate surface area is 155 Å². The number of hydrogen-bond acceptors (Lipinski definition) is 4. The highest BCUT2D eigenvalue weighted by Crippen LogP contribution is 2.33. The summed E-state index contributed by atoms with van der Waals surface area (Å²) in [6.45, 7) is 4.39. The Bertz CT molecular complexity index is 751. The largest absolute Gasteiger partial charge is 0.308 e. The van der Waals surface area contributed by atoms with Gasteiger partial charge in [0.1, 0.15) is 0 Å². The van der Waals surface area contributed by atoms with Gasteiger partial charge in [-0.1, -0.05) is 30.3 Å². The third-order valence-electron chi connectivity index (χ3n) is 5.86. The Balaban J connectivity index is 1.44. The van der Waals surface area contributed by atoms with Gasteiger partial charge >= 0.3 is 0 Å². The van der Waals surface area contributed by atoms with Crippen LogP contribution in [-0.2, 0) is 11.2 Å². The van der Waals surface area contributed by atoms with Crippen LogP contribution < -0.4 is 4.90 Å². The molecule has 0 N–H and O–H groups in total. The standard InChI is InChI=1S/C21H26N4O/c1-23-15-20(26)25(19-8-5-11-22-14-19)17-21(23)10-13-24(16-21)12-9-18-6-3-2-4-7-18/h2-8,11,14H,9-10,12-13,15-17H2,1H3. The summed E-state index contributed by atoms with van der Waals surface area (Å²) in [7, 11) is 2.10. The van der Waals surface area contributed by atoms with Crippen molar-refractivity contribution in [3.8, 4) is 0 Å². The maximum absolute atomic E-state index is 12.6. The molecule has 1 amide bonds. The van der Waals surface area contributed by atoms with Crippen molar-refractivity contribution in [3.63, 3.8) is 0 Å². The van der Waals surface area contributed by atoms with Gasteiger partial charge in [-0.3, -0.25) is 14.7 Å². The zero-order valence-corrected chi connectivity index (χ0v) is 15.3. The van der Waals surface area contributed by atoms with E-state index in [1.165, 1.54) is 5.56 Å². The number of carbonyl (C=O) groups excluding carboxylic acids is 1. The lowest BCUT2D eigenvalue weighted by atomic mass is 9.92. The predicted octanol–water partition coefficient (Wildman–Crippen LogP) is 2.05. The van der Waals surface area contributed by atoms with Gasteiger partial charge in [0.15, 0.2) is 0 Å². The SMILES string of the molecule is CN1CC(=O)N(c2cccnc2)CC12CCN(CCc1ccccc1)C2. The van der Waals surface area contributed by atoms with Crippen molar-refractivity contribution in [1.82, 2.24) is 14.8 Å². The van der Waals surface area contributed by atoms with Crippen LogP contribution in [0.2, 0.25) is 0 Å². The van der Waals surface area contributed by atoms with Gasteiger partial charge in [-0.25, -0.2) is 0 Å². The molecule has 3 heterocycles. The molecule has 5 heteroatoms. The van der Waals surface area contributed by atoms with E-state index < -0.39 is 0 Å². The van der Waals surface area contributed by atoms with Gasteiger partial charge in [0.05, 0.1) is 24.0 Å². The summed E-state index contributed by atoms with van der Waals surface area (Å²) in [5, 5.41) is 0. The Morgan fingerprint density at radius 3 is 2.73 bits per heavy atom. The number of benzene rings is 1. The Morgan fingerprint density at radius 1 is 1.12 bits per heavy atom. The van der Waals surface area contributed by atoms with Crippen LogP contribution in [0.4, 0.5) is 5.69 Å². The fourth-order valence-electron chi connectivity index (χ4n) is 4.21. The van der Waals surface area contributed by atoms with Crippen LogP contribution in [0.25, 0.3) is 0 Å². The number of rotatable bonds is 4. The van der Waals surface area contributed by atoms with Crippen molar-refractivity contribution < 1.29 is 4.79 Å². The zero-order valence-electron chi connectivity index (χ0n) is 15.3. The van der Waals surface area contributed by atoms with Crippen LogP contribution in [0.15, 0.2) is 54.9 Å². The number of pyridine rings is 1. The number of carbonyl (C=O) groups is 1. The molecule has 136 valence electrons. The molecule has 1 spiro atoms. The third-order valence-corrected chi connectivity index (χ3v) is 5.86. The number of aromatic nitrogens is 1. The van der Waals surface area contributed by atoms with Gasteiger partial charge in [0.25, 0.3) is 0 Å². The number of nitrogens with zero attached hydrogens (tertiary/aromatic N) is 4. The lowest BCUT2D eigenvalue weighted by Gasteiger charge is -2.46. The molecule has 4 rings (SSSR count). The highest BCUT2D eigenvalue weighted by molar-refractivity contribution is 5.95. The Kier molecular flexibility index (Phi) is 4.74. The van der Waals surface area contributed by atoms with Crippen LogP contribution in [0, 0.1) is 0 Å². The molecule has 0 saturated carbocycles. The van der Waals surface area contributed by atoms with Gasteiger partial charge in [0.2, 0.25) is 5.91 Å². The van der Waals surface area contributed by atoms with Crippen LogP contribution in [0.3, 0.4) is 0 Å². The summed E-state index contributed by atoms with van der Waals surface area (Å²) in [4.78, 5) is 23.5. The minimum absolute atomic E-state index is 0.0421. The first kappa shape index (κ1) is 17.2. The lowest BCUT2D eigenvalue weighted by molar-refractivity contribution is -0.123. The van der Waals surface area contributed by atoms with Crippen molar-refractivity contribution in [3.05, 3.63) is 60.4 Å². The van der Waals surface area contributed by atoms with Crippen molar-refractivity contribution in [2.45, 2.75) is 18.4 Å². The quantitative estimate of drug-likeness (QED) is 0.846. The molecule has 2 fully saturated rings. The molecule has 1 atom stereocenters. The predicted molar refractivity (Wildman–Crippen MR) is 103 cm³/mol. The summed E-state index contributed by atoms with van der Waals surface area (Å²) in [5.41, 5.74) is 2.34. The molecular weight excluding hydrogens is 324 g/mol. The number of piperazine rings is 1. The number of anilines is 1. The van der Waals surface area contributed by atoms with Gasteiger partial charge in [0, 0.05) is 32.4 Å². The van der Waals surface area contributed by atoms with Gasteiger partial charge in [-0.2, -0.15) is 0 Å². The molecule has 1 aromatic heterocycles. The molecular formula is C21H26N4O. The minimum Gasteiger partial charge on any atom is -0.308 e. The van der Waals surface area contributed by atoms with E-state index in [1.807, 2.05) is 17.0 Å². The molecule has 2 aliphatic rings. The summed E-state index contributed by atoms with van der Waals surface area (Å²) in [5.74, 6) is 0.161. The van der Waals surface area contributed by atoms with Crippen molar-refractivity contribution >= 4 is 11.6 Å². The highest BCUT2D eigenvalue weighted by atomic mass is 16.2. The first-order chi connectivity index (χ1) is 12.7. The van der Waals surface area contributed by atoms with E-state index in [1.54, 1.807) is 12.4 Å². The second-order valence-electron chi connectivity index (χ2n) is 7.53. The number of hydrogen-bond donors (Lipinski definition) is 0. The number of amides is 1. The van der Waals surface area contributed by atoms with Crippen LogP contribution in [0.1, 0.15) is 12.0 Å². The molecule has 5 nitrogen and oxygen atoms in total. The maximum Gasteiger partial charge on any atom is 0.241 e. The van der Waals surface area contributed by atoms with Crippen molar-refractivity contribution in [2.75, 3.05) is 44.7 Å². The van der Waals surface area contributed by atoms with Crippen molar-refractivity contribution in [1.29, 1.82) is 0 Å². The molecule has 0 radical (unpaired) electrons. The maximum atomic E-state index is 12.6. The summed E-state index contributed by atoms with van der Waals surface area (Å²) < 4.78 is 0. The molecule has 1 aromatic carbocycles. The highest BCUT2D eigenvalue weighted by Gasteiger charge is 2.47. The minimum atomic E-state index is 0.0421. The normalized spacial score (nSPS) is 24.5. The molecule has 2 aromatic rings. The fourth-order valence-corrected chi connectivity index (χ4v) is 4.21. The second-order valence-corrected chi connectivity index (χ2v) is 7.53. The van der Waals surface area contributed by atoms with Gasteiger partial charge in [-0.05, 0) is 37.6 Å². The Hall–Kier alpha value is -2.24. The zero-order chi connectivity index (χ0) is 18.0. The Morgan fingerprint density at radius 2 is 1.96 bits per heavy atom. The average Bonchev–Trinajstić information content (AvgIpc) is 3.09. The fraction of sp³-hybridized carbons (Fsp3) is 0.429. The molecule has 0 aliphatic carbocycles. The first-order valence-electron chi connectivity index (χ1n) is 9.34. The number of likely N-dealkylation sites (N-methyl/N-ethyl adjacent to an activating group) is 1. The monoisotopic (exact) mass is 350 g/mol. The van der Waals surface area contributed by atoms with E-state index in [0.717, 1.165) is 44.7 Å². The number of likely N-dealkylation sites (tertiary alicyclic amines) is 1. The molecule has 1 unspecified atom stereocenters. The molecule has 2 aliphatic heterocycles. The third kappa shape index (κ3) is 3.37. The van der Waals surface area contributed by atoms with Gasteiger partial charge < -0.3 is 9.80 Å². The van der Waals surface area contributed by atoms with E-state index in [-0.39, 0.29) is 11.4 Å². The lowest BCUT2D eigenvalue weighted by Crippen LogP contribution is -2.64. The van der Waals surface area contributed by atoms with E-state index in [0.29, 0.717) is 6.54 Å². The summed E-state index contributed by atoms with van der Waals surface area (Å²) in [6, 6.07) is 14.5. The van der Waals surface area contributed by atoms with Crippen LogP contribution in [0.5, 0.6) is 0 Å². The molecule has 2 saturated heterocycles. The van der Waals surface area contributed by atoms with E-state index in [2.05, 4.69) is 52.2 Å². The van der Waals surface area contributed by atoms with E-state index in [4.69, 9.17) is 0 Å². The average molecular weight is 350 g/mol. The van der Waals surface area contributed by atoms with Crippen LogP contribution in [-0.4, -0.2) is 66.0 Å². The topological polar surface area (TPSA) is 39.7 Å².